The molecule has 0 aliphatic carbocycles. The molecule has 0 unspecified atom stereocenters. The summed E-state index contributed by atoms with van der Waals surface area (Å²) in [6.45, 7) is 4.84. The van der Waals surface area contributed by atoms with Gasteiger partial charge in [0.25, 0.3) is 5.89 Å². The summed E-state index contributed by atoms with van der Waals surface area (Å²) in [5, 5.41) is 6.77. The molecule has 1 amide bonds. The van der Waals surface area contributed by atoms with Gasteiger partial charge in [-0.2, -0.15) is 4.98 Å². The number of aromatic nitrogens is 3. The Kier molecular flexibility index (Phi) is 4.66. The van der Waals surface area contributed by atoms with E-state index in [1.54, 1.807) is 13.1 Å². The molecule has 1 N–H and O–H groups in total. The summed E-state index contributed by atoms with van der Waals surface area (Å²) in [6.07, 6.45) is 2.68. The van der Waals surface area contributed by atoms with Crippen molar-refractivity contribution < 1.29 is 14.1 Å². The molecular formula is C16H20N4O3. The minimum atomic E-state index is -0.239. The van der Waals surface area contributed by atoms with Gasteiger partial charge in [-0.3, -0.25) is 9.78 Å². The molecule has 7 heteroatoms. The van der Waals surface area contributed by atoms with Gasteiger partial charge in [0.05, 0.1) is 6.42 Å². The van der Waals surface area contributed by atoms with Crippen LogP contribution in [-0.2, 0) is 16.0 Å². The van der Waals surface area contributed by atoms with Crippen molar-refractivity contribution in [2.75, 3.05) is 13.2 Å². The van der Waals surface area contributed by atoms with Gasteiger partial charge in [-0.15, -0.1) is 0 Å². The number of hydrogen-bond donors (Lipinski definition) is 1. The first-order valence-electron chi connectivity index (χ1n) is 7.72. The topological polar surface area (TPSA) is 90.1 Å². The largest absolute Gasteiger partial charge is 0.368 e. The van der Waals surface area contributed by atoms with E-state index in [1.807, 2.05) is 19.1 Å². The zero-order chi connectivity index (χ0) is 16.2. The van der Waals surface area contributed by atoms with Crippen molar-refractivity contribution in [2.45, 2.75) is 32.8 Å². The smallest absolute Gasteiger partial charge is 0.256 e. The average molecular weight is 316 g/mol. The van der Waals surface area contributed by atoms with Crippen LogP contribution in [0.15, 0.2) is 22.9 Å². The van der Waals surface area contributed by atoms with Gasteiger partial charge >= 0.3 is 0 Å². The van der Waals surface area contributed by atoms with E-state index in [0.717, 1.165) is 17.7 Å². The number of nitrogens with zero attached hydrogens (tertiary/aromatic N) is 3. The molecule has 1 aliphatic heterocycles. The lowest BCUT2D eigenvalue weighted by Gasteiger charge is -2.15. The SMILES string of the molecule is Cc1noc([C@H]2OCC[C@H]2CNC(=O)Cc2cccnc2C)n1. The highest BCUT2D eigenvalue weighted by atomic mass is 16.5. The summed E-state index contributed by atoms with van der Waals surface area (Å²) in [4.78, 5) is 20.6. The second kappa shape index (κ2) is 6.87. The molecule has 3 heterocycles. The van der Waals surface area contributed by atoms with Crippen molar-refractivity contribution >= 4 is 5.91 Å². The normalized spacial score (nSPS) is 20.6. The van der Waals surface area contributed by atoms with Gasteiger partial charge in [0.1, 0.15) is 6.10 Å². The average Bonchev–Trinajstić information content (AvgIpc) is 3.16. The van der Waals surface area contributed by atoms with Crippen LogP contribution in [0.2, 0.25) is 0 Å². The minimum Gasteiger partial charge on any atom is -0.368 e. The number of ether oxygens (including phenoxy) is 1. The van der Waals surface area contributed by atoms with Crippen molar-refractivity contribution in [1.82, 2.24) is 20.4 Å². The van der Waals surface area contributed by atoms with Gasteiger partial charge in [0, 0.05) is 31.0 Å². The molecule has 1 fully saturated rings. The first kappa shape index (κ1) is 15.6. The maximum atomic E-state index is 12.1. The van der Waals surface area contributed by atoms with Crippen LogP contribution in [0.5, 0.6) is 0 Å². The van der Waals surface area contributed by atoms with Crippen molar-refractivity contribution in [1.29, 1.82) is 0 Å². The molecule has 1 aliphatic rings. The Morgan fingerprint density at radius 2 is 2.30 bits per heavy atom. The second-order valence-electron chi connectivity index (χ2n) is 5.75. The third kappa shape index (κ3) is 3.73. The first-order valence-corrected chi connectivity index (χ1v) is 7.72. The number of nitrogens with one attached hydrogen (secondary N) is 1. The van der Waals surface area contributed by atoms with Gasteiger partial charge in [0.2, 0.25) is 5.91 Å². The van der Waals surface area contributed by atoms with E-state index in [1.165, 1.54) is 0 Å². The van der Waals surface area contributed by atoms with E-state index in [0.29, 0.717) is 31.3 Å². The highest BCUT2D eigenvalue weighted by Gasteiger charge is 2.34. The predicted octanol–water partition coefficient (Wildman–Crippen LogP) is 1.52. The van der Waals surface area contributed by atoms with E-state index in [9.17, 15) is 4.79 Å². The Bertz CT molecular complexity index is 685. The fraction of sp³-hybridized carbons (Fsp3) is 0.500. The predicted molar refractivity (Wildman–Crippen MR) is 81.5 cm³/mol. The lowest BCUT2D eigenvalue weighted by Crippen LogP contribution is -2.31. The van der Waals surface area contributed by atoms with Crippen molar-refractivity contribution in [2.24, 2.45) is 5.92 Å². The van der Waals surface area contributed by atoms with Crippen LogP contribution < -0.4 is 5.32 Å². The molecule has 7 nitrogen and oxygen atoms in total. The van der Waals surface area contributed by atoms with E-state index in [2.05, 4.69) is 20.4 Å². The van der Waals surface area contributed by atoms with Crippen molar-refractivity contribution in [3.05, 3.63) is 41.3 Å². The highest BCUT2D eigenvalue weighted by molar-refractivity contribution is 5.78. The lowest BCUT2D eigenvalue weighted by molar-refractivity contribution is -0.120. The van der Waals surface area contributed by atoms with E-state index < -0.39 is 0 Å². The molecule has 0 saturated carbocycles. The summed E-state index contributed by atoms with van der Waals surface area (Å²) in [6, 6.07) is 3.76. The molecule has 2 atom stereocenters. The molecule has 23 heavy (non-hydrogen) atoms. The monoisotopic (exact) mass is 316 g/mol. The first-order chi connectivity index (χ1) is 11.1. The number of rotatable bonds is 5. The van der Waals surface area contributed by atoms with Gasteiger partial charge < -0.3 is 14.6 Å². The standard InChI is InChI=1S/C16H20N4O3/c1-10-12(4-3-6-17-10)8-14(21)18-9-13-5-7-22-15(13)16-19-11(2)20-23-16/h3-4,6,13,15H,5,7-9H2,1-2H3,(H,18,21)/t13-,15-/m0/s1. The summed E-state index contributed by atoms with van der Waals surface area (Å²) < 4.78 is 10.9. The number of aryl methyl sites for hydroxylation is 2. The highest BCUT2D eigenvalue weighted by Crippen LogP contribution is 2.33. The molecular weight excluding hydrogens is 296 g/mol. The molecule has 0 spiro atoms. The Morgan fingerprint density at radius 3 is 3.04 bits per heavy atom. The molecule has 1 saturated heterocycles. The third-order valence-electron chi connectivity index (χ3n) is 4.03. The van der Waals surface area contributed by atoms with Crippen molar-refractivity contribution in [3.63, 3.8) is 0 Å². The van der Waals surface area contributed by atoms with Crippen LogP contribution in [0.1, 0.15) is 35.5 Å². The van der Waals surface area contributed by atoms with Gasteiger partial charge in [-0.25, -0.2) is 0 Å². The van der Waals surface area contributed by atoms with Crippen LogP contribution in [0.4, 0.5) is 0 Å². The zero-order valence-corrected chi connectivity index (χ0v) is 13.3. The van der Waals surface area contributed by atoms with Crippen LogP contribution in [0, 0.1) is 19.8 Å². The maximum Gasteiger partial charge on any atom is 0.256 e. The Balaban J connectivity index is 1.55. The van der Waals surface area contributed by atoms with Crippen LogP contribution in [0.3, 0.4) is 0 Å². The van der Waals surface area contributed by atoms with Crippen LogP contribution in [-0.4, -0.2) is 34.2 Å². The molecule has 0 aromatic carbocycles. The quantitative estimate of drug-likeness (QED) is 0.899. The van der Waals surface area contributed by atoms with E-state index in [-0.39, 0.29) is 17.9 Å². The number of amides is 1. The molecule has 2 aromatic rings. The molecule has 122 valence electrons. The second-order valence-corrected chi connectivity index (χ2v) is 5.75. The van der Waals surface area contributed by atoms with Crippen molar-refractivity contribution in [3.8, 4) is 0 Å². The third-order valence-corrected chi connectivity index (χ3v) is 4.03. The summed E-state index contributed by atoms with van der Waals surface area (Å²) >= 11 is 0. The van der Waals surface area contributed by atoms with Crippen LogP contribution >= 0.6 is 0 Å². The van der Waals surface area contributed by atoms with E-state index in [4.69, 9.17) is 9.26 Å². The minimum absolute atomic E-state index is 0.0199. The molecule has 3 rings (SSSR count). The number of pyridine rings is 1. The molecule has 0 radical (unpaired) electrons. The lowest BCUT2D eigenvalue weighted by atomic mass is 10.0. The van der Waals surface area contributed by atoms with Crippen LogP contribution in [0.25, 0.3) is 0 Å². The van der Waals surface area contributed by atoms with Gasteiger partial charge in [-0.05, 0) is 31.9 Å². The number of carbonyl (C=O) groups is 1. The maximum absolute atomic E-state index is 12.1. The van der Waals surface area contributed by atoms with E-state index >= 15 is 0 Å². The zero-order valence-electron chi connectivity index (χ0n) is 13.3. The Labute approximate surface area is 134 Å². The molecule has 0 bridgehead atoms. The van der Waals surface area contributed by atoms with Gasteiger partial charge in [-0.1, -0.05) is 11.2 Å². The Morgan fingerprint density at radius 1 is 1.43 bits per heavy atom. The van der Waals surface area contributed by atoms with Gasteiger partial charge in [0.15, 0.2) is 5.82 Å². The fourth-order valence-electron chi connectivity index (χ4n) is 2.73. The number of hydrogen-bond acceptors (Lipinski definition) is 6. The molecule has 2 aromatic heterocycles. The number of carbonyl (C=O) groups excluding carboxylic acids is 1. The Hall–Kier alpha value is -2.28. The summed E-state index contributed by atoms with van der Waals surface area (Å²) in [7, 11) is 0. The summed E-state index contributed by atoms with van der Waals surface area (Å²) in [5.41, 5.74) is 1.82. The summed E-state index contributed by atoms with van der Waals surface area (Å²) in [5.74, 6) is 1.20. The fourth-order valence-corrected chi connectivity index (χ4v) is 2.73.